The van der Waals surface area contributed by atoms with E-state index in [4.69, 9.17) is 15.2 Å². The van der Waals surface area contributed by atoms with Crippen molar-refractivity contribution in [3.63, 3.8) is 0 Å². The topological polar surface area (TPSA) is 83.5 Å². The minimum Gasteiger partial charge on any atom is -0.387 e. The minimum atomic E-state index is -0.194. The van der Waals surface area contributed by atoms with Gasteiger partial charge in [-0.1, -0.05) is 17.3 Å². The van der Waals surface area contributed by atoms with Gasteiger partial charge < -0.3 is 9.74 Å². The van der Waals surface area contributed by atoms with Crippen LogP contribution in [0.1, 0.15) is 71.1 Å². The van der Waals surface area contributed by atoms with Crippen LogP contribution < -0.4 is 0 Å². The van der Waals surface area contributed by atoms with Crippen LogP contribution in [-0.4, -0.2) is 49.4 Å². The number of benzene rings is 1. The van der Waals surface area contributed by atoms with Crippen LogP contribution in [0, 0.1) is 11.3 Å². The summed E-state index contributed by atoms with van der Waals surface area (Å²) in [6, 6.07) is 9.53. The lowest BCUT2D eigenvalue weighted by Crippen LogP contribution is -2.43. The first kappa shape index (κ1) is 19.9. The zero-order valence-electron chi connectivity index (χ0n) is 18.1. The summed E-state index contributed by atoms with van der Waals surface area (Å²) in [5.74, 6) is 0.0957. The van der Waals surface area contributed by atoms with E-state index in [0.29, 0.717) is 22.4 Å². The largest absolute Gasteiger partial charge is 0.387 e. The van der Waals surface area contributed by atoms with E-state index in [-0.39, 0.29) is 12.0 Å². The molecule has 1 amide bonds. The van der Waals surface area contributed by atoms with Crippen LogP contribution in [-0.2, 0) is 18.3 Å². The summed E-state index contributed by atoms with van der Waals surface area (Å²) in [6.45, 7) is 1.60. The second-order valence-corrected chi connectivity index (χ2v) is 11.1. The van der Waals surface area contributed by atoms with Crippen LogP contribution in [0.5, 0.6) is 0 Å². The van der Waals surface area contributed by atoms with Gasteiger partial charge in [0.1, 0.15) is 17.1 Å². The van der Waals surface area contributed by atoms with Crippen molar-refractivity contribution in [2.24, 2.45) is 12.2 Å². The summed E-state index contributed by atoms with van der Waals surface area (Å²) >= 11 is 2.12. The monoisotopic (exact) mass is 447 g/mol. The maximum Gasteiger partial charge on any atom is 0.272 e. The van der Waals surface area contributed by atoms with Gasteiger partial charge in [0.2, 0.25) is 0 Å². The molecule has 7 nitrogen and oxygen atoms in total. The number of aryl methyl sites for hydroxylation is 1. The molecule has 1 aromatic heterocycles. The predicted octanol–water partition coefficient (Wildman–Crippen LogP) is 3.58. The molecule has 0 bridgehead atoms. The van der Waals surface area contributed by atoms with Gasteiger partial charge in [0.05, 0.1) is 11.6 Å². The minimum absolute atomic E-state index is 0.0957. The highest BCUT2D eigenvalue weighted by Gasteiger charge is 2.49. The number of carbonyl (C=O) groups is 1. The van der Waals surface area contributed by atoms with E-state index in [1.54, 1.807) is 16.8 Å². The Bertz CT molecular complexity index is 1150. The molecule has 0 spiro atoms. The maximum absolute atomic E-state index is 13.4. The molecule has 2 aliphatic carbocycles. The van der Waals surface area contributed by atoms with Crippen molar-refractivity contribution in [1.29, 1.82) is 5.26 Å². The van der Waals surface area contributed by atoms with Crippen molar-refractivity contribution in [2.45, 2.75) is 54.6 Å². The fourth-order valence-electron chi connectivity index (χ4n) is 4.76. The summed E-state index contributed by atoms with van der Waals surface area (Å²) in [6.07, 6.45) is 6.34. The number of rotatable bonds is 6. The molecule has 1 unspecified atom stereocenters. The summed E-state index contributed by atoms with van der Waals surface area (Å²) in [4.78, 5) is 21.1. The Labute approximate surface area is 191 Å². The molecule has 0 radical (unpaired) electrons. The van der Waals surface area contributed by atoms with E-state index in [1.807, 2.05) is 24.1 Å². The molecule has 0 N–H and O–H groups in total. The smallest absolute Gasteiger partial charge is 0.272 e. The molecule has 2 saturated carbocycles. The molecule has 32 heavy (non-hydrogen) atoms. The Morgan fingerprint density at radius 2 is 2.06 bits per heavy atom. The number of fused-ring (bicyclic) bond motifs is 1. The third-order valence-electron chi connectivity index (χ3n) is 6.85. The SMILES string of the molecule is Cn1nc(C2=NOC(c3ccc(C#N)cc3)C2)c2c1C(=O)N(CC1(SC3CC3)CC1)CC2. The highest BCUT2D eigenvalue weighted by Crippen LogP contribution is 2.55. The normalized spacial score (nSPS) is 23.4. The highest BCUT2D eigenvalue weighted by atomic mass is 32.2. The summed E-state index contributed by atoms with van der Waals surface area (Å²) in [5, 5.41) is 18.8. The second kappa shape index (κ2) is 7.38. The first-order valence-corrected chi connectivity index (χ1v) is 12.2. The predicted molar refractivity (Wildman–Crippen MR) is 122 cm³/mol. The van der Waals surface area contributed by atoms with Gasteiger partial charge in [0.15, 0.2) is 6.10 Å². The number of hydrogen-bond donors (Lipinski definition) is 0. The van der Waals surface area contributed by atoms with E-state index in [1.165, 1.54) is 25.7 Å². The first-order valence-electron chi connectivity index (χ1n) is 11.3. The van der Waals surface area contributed by atoms with Gasteiger partial charge in [-0.15, -0.1) is 11.8 Å². The fourth-order valence-corrected chi connectivity index (χ4v) is 6.41. The molecule has 164 valence electrons. The van der Waals surface area contributed by atoms with Gasteiger partial charge in [-0.05, 0) is 49.8 Å². The molecule has 1 aromatic carbocycles. The number of carbonyl (C=O) groups excluding carboxylic acids is 1. The summed E-state index contributed by atoms with van der Waals surface area (Å²) in [7, 11) is 1.85. The number of oxime groups is 1. The second-order valence-electron chi connectivity index (χ2n) is 9.35. The fraction of sp³-hybridized carbons (Fsp3) is 0.500. The zero-order chi connectivity index (χ0) is 21.9. The highest BCUT2D eigenvalue weighted by molar-refractivity contribution is 8.01. The van der Waals surface area contributed by atoms with Crippen LogP contribution in [0.2, 0.25) is 0 Å². The van der Waals surface area contributed by atoms with Gasteiger partial charge in [0.25, 0.3) is 5.91 Å². The Morgan fingerprint density at radius 3 is 2.75 bits per heavy atom. The Kier molecular flexibility index (Phi) is 4.58. The lowest BCUT2D eigenvalue weighted by molar-refractivity contribution is 0.0725. The Balaban J connectivity index is 1.19. The first-order chi connectivity index (χ1) is 15.5. The third-order valence-corrected chi connectivity index (χ3v) is 8.69. The molecule has 0 saturated heterocycles. The van der Waals surface area contributed by atoms with Gasteiger partial charge in [-0.2, -0.15) is 10.4 Å². The molecule has 2 fully saturated rings. The third kappa shape index (κ3) is 3.49. The van der Waals surface area contributed by atoms with Crippen molar-refractivity contribution in [1.82, 2.24) is 14.7 Å². The van der Waals surface area contributed by atoms with E-state index in [9.17, 15) is 4.79 Å². The summed E-state index contributed by atoms with van der Waals surface area (Å²) < 4.78 is 2.03. The van der Waals surface area contributed by atoms with Crippen LogP contribution in [0.3, 0.4) is 0 Å². The molecule has 2 aliphatic heterocycles. The lowest BCUT2D eigenvalue weighted by atomic mass is 9.97. The van der Waals surface area contributed by atoms with E-state index in [2.05, 4.69) is 23.0 Å². The standard InChI is InChI=1S/C24H25N5O2S/c1-28-22-18(8-11-29(23(22)30)14-24(9-10-24)32-17-6-7-17)21(26-28)19-12-20(31-27-19)16-4-2-15(13-25)3-5-16/h2-5,17,20H,6-12,14H2,1H3. The molecule has 6 rings (SSSR count). The molecule has 8 heteroatoms. The van der Waals surface area contributed by atoms with Gasteiger partial charge in [0, 0.05) is 42.1 Å². The van der Waals surface area contributed by atoms with E-state index >= 15 is 0 Å². The van der Waals surface area contributed by atoms with Crippen molar-refractivity contribution in [3.8, 4) is 6.07 Å². The number of amides is 1. The summed E-state index contributed by atoms with van der Waals surface area (Å²) in [5.41, 5.74) is 4.88. The van der Waals surface area contributed by atoms with E-state index < -0.39 is 0 Å². The number of nitrogens with zero attached hydrogens (tertiary/aromatic N) is 5. The van der Waals surface area contributed by atoms with Gasteiger partial charge >= 0.3 is 0 Å². The molecule has 2 aromatic rings. The maximum atomic E-state index is 13.4. The van der Waals surface area contributed by atoms with Crippen molar-refractivity contribution in [3.05, 3.63) is 52.3 Å². The molecular weight excluding hydrogens is 422 g/mol. The van der Waals surface area contributed by atoms with Gasteiger partial charge in [-0.25, -0.2) is 0 Å². The number of hydrogen-bond acceptors (Lipinski definition) is 6. The molecular formula is C24H25N5O2S. The average molecular weight is 448 g/mol. The quantitative estimate of drug-likeness (QED) is 0.676. The number of aromatic nitrogens is 2. The van der Waals surface area contributed by atoms with E-state index in [0.717, 1.165) is 47.3 Å². The van der Waals surface area contributed by atoms with Crippen LogP contribution in [0.4, 0.5) is 0 Å². The zero-order valence-corrected chi connectivity index (χ0v) is 18.9. The number of thioether (sulfide) groups is 1. The Hall–Kier alpha value is -2.79. The van der Waals surface area contributed by atoms with Gasteiger partial charge in [-0.3, -0.25) is 9.48 Å². The Morgan fingerprint density at radius 1 is 1.28 bits per heavy atom. The lowest BCUT2D eigenvalue weighted by Gasteiger charge is -2.31. The van der Waals surface area contributed by atoms with Crippen LogP contribution >= 0.6 is 11.8 Å². The molecule has 1 atom stereocenters. The average Bonchev–Trinajstić information content (AvgIpc) is 3.69. The van der Waals surface area contributed by atoms with Crippen LogP contribution in [0.15, 0.2) is 29.4 Å². The van der Waals surface area contributed by atoms with Crippen molar-refractivity contribution < 1.29 is 9.63 Å². The van der Waals surface area contributed by atoms with Crippen LogP contribution in [0.25, 0.3) is 0 Å². The molecule has 3 heterocycles. The van der Waals surface area contributed by atoms with Crippen molar-refractivity contribution >= 4 is 23.4 Å². The number of nitriles is 1. The molecule has 4 aliphatic rings. The van der Waals surface area contributed by atoms with Crippen molar-refractivity contribution in [2.75, 3.05) is 13.1 Å².